The van der Waals surface area contributed by atoms with Crippen molar-refractivity contribution in [2.75, 3.05) is 7.11 Å². The first-order chi connectivity index (χ1) is 15.4. The molecule has 188 valence electrons. The third kappa shape index (κ3) is 2.50. The van der Waals surface area contributed by atoms with E-state index in [2.05, 4.69) is 48.5 Å². The Morgan fingerprint density at radius 1 is 0.667 bits per heavy atom. The van der Waals surface area contributed by atoms with Crippen LogP contribution in [0.2, 0.25) is 0 Å². The van der Waals surface area contributed by atoms with E-state index in [0.717, 1.165) is 17.8 Å². The maximum atomic E-state index is 7.02. The summed E-state index contributed by atoms with van der Waals surface area (Å²) in [5.74, 6) is 3.83. The average Bonchev–Trinajstić information content (AvgIpc) is 3.19. The van der Waals surface area contributed by atoms with Crippen molar-refractivity contribution >= 4 is 0 Å². The molecule has 0 N–H and O–H groups in total. The normalized spacial score (nSPS) is 61.5. The number of rotatable bonds is 1. The fourth-order valence-electron chi connectivity index (χ4n) is 13.0. The Kier molecular flexibility index (Phi) is 4.82. The molecular weight excluding hydrogens is 404 g/mol. The van der Waals surface area contributed by atoms with Gasteiger partial charge in [0.15, 0.2) is 6.29 Å². The molecule has 1 unspecified atom stereocenters. The van der Waals surface area contributed by atoms with Crippen LogP contribution < -0.4 is 0 Å². The lowest BCUT2D eigenvalue weighted by molar-refractivity contribution is -0.286. The van der Waals surface area contributed by atoms with E-state index in [1.807, 2.05) is 7.11 Å². The zero-order chi connectivity index (χ0) is 23.7. The summed E-state index contributed by atoms with van der Waals surface area (Å²) >= 11 is 0. The van der Waals surface area contributed by atoms with Crippen LogP contribution in [0.15, 0.2) is 0 Å². The summed E-state index contributed by atoms with van der Waals surface area (Å²) in [5.41, 5.74) is 2.35. The Bertz CT molecular complexity index is 820. The standard InChI is InChI=1S/C31H52O2/c1-20-21-12-16-30(7)24-11-10-23-27(4)15-9-14-26(2,3)22(27)13-17-28(23,5)29(24,6)18-19-31(21,30)33-25(20)32-8/h20-25H,9-19H2,1-8H3/t20?,21-,22+,23-,24+,25-,27+,28-,29-,30-,31+/m1/s1. The van der Waals surface area contributed by atoms with E-state index in [1.54, 1.807) is 0 Å². The van der Waals surface area contributed by atoms with Gasteiger partial charge >= 0.3 is 0 Å². The summed E-state index contributed by atoms with van der Waals surface area (Å²) in [5, 5.41) is 0. The fourth-order valence-corrected chi connectivity index (χ4v) is 13.0. The van der Waals surface area contributed by atoms with E-state index < -0.39 is 0 Å². The van der Waals surface area contributed by atoms with Crippen molar-refractivity contribution in [1.82, 2.24) is 0 Å². The maximum Gasteiger partial charge on any atom is 0.160 e. The molecule has 2 nitrogen and oxygen atoms in total. The van der Waals surface area contributed by atoms with Crippen LogP contribution in [-0.4, -0.2) is 19.0 Å². The third-order valence-corrected chi connectivity index (χ3v) is 14.6. The molecule has 1 spiro atoms. The van der Waals surface area contributed by atoms with Crippen molar-refractivity contribution < 1.29 is 9.47 Å². The van der Waals surface area contributed by atoms with Crippen molar-refractivity contribution in [3.05, 3.63) is 0 Å². The summed E-state index contributed by atoms with van der Waals surface area (Å²) in [4.78, 5) is 0. The molecule has 0 radical (unpaired) electrons. The molecule has 0 aromatic rings. The minimum Gasteiger partial charge on any atom is -0.356 e. The summed E-state index contributed by atoms with van der Waals surface area (Å²) in [6, 6.07) is 0. The van der Waals surface area contributed by atoms with E-state index in [9.17, 15) is 0 Å². The van der Waals surface area contributed by atoms with Crippen LogP contribution in [0.1, 0.15) is 119 Å². The van der Waals surface area contributed by atoms with E-state index in [4.69, 9.17) is 9.47 Å². The summed E-state index contributed by atoms with van der Waals surface area (Å²) in [6.45, 7) is 18.5. The van der Waals surface area contributed by atoms with Crippen molar-refractivity contribution in [2.24, 2.45) is 56.7 Å². The van der Waals surface area contributed by atoms with Gasteiger partial charge in [0.1, 0.15) is 0 Å². The Morgan fingerprint density at radius 2 is 1.33 bits per heavy atom. The van der Waals surface area contributed by atoms with Crippen molar-refractivity contribution in [2.45, 2.75) is 131 Å². The quantitative estimate of drug-likeness (QED) is 0.395. The Labute approximate surface area is 204 Å². The van der Waals surface area contributed by atoms with Gasteiger partial charge < -0.3 is 9.47 Å². The van der Waals surface area contributed by atoms with Crippen LogP contribution in [0.25, 0.3) is 0 Å². The summed E-state index contributed by atoms with van der Waals surface area (Å²) < 4.78 is 12.9. The van der Waals surface area contributed by atoms with Crippen LogP contribution in [0.3, 0.4) is 0 Å². The van der Waals surface area contributed by atoms with Gasteiger partial charge in [0.25, 0.3) is 0 Å². The molecule has 0 aromatic carbocycles. The fraction of sp³-hybridized carbons (Fsp3) is 1.00. The van der Waals surface area contributed by atoms with E-state index >= 15 is 0 Å². The third-order valence-electron chi connectivity index (χ3n) is 14.6. The highest BCUT2D eigenvalue weighted by atomic mass is 16.7. The molecule has 0 bridgehead atoms. The average molecular weight is 457 g/mol. The molecule has 6 aliphatic rings. The topological polar surface area (TPSA) is 18.5 Å². The van der Waals surface area contributed by atoms with Gasteiger partial charge in [0.05, 0.1) is 5.60 Å². The number of hydrogen-bond donors (Lipinski definition) is 0. The van der Waals surface area contributed by atoms with Crippen LogP contribution in [0.4, 0.5) is 0 Å². The van der Waals surface area contributed by atoms with Crippen LogP contribution >= 0.6 is 0 Å². The van der Waals surface area contributed by atoms with Crippen LogP contribution in [0, 0.1) is 56.7 Å². The first kappa shape index (κ1) is 23.3. The Balaban J connectivity index is 1.39. The van der Waals surface area contributed by atoms with Gasteiger partial charge in [-0.2, -0.15) is 0 Å². The highest BCUT2D eigenvalue weighted by Gasteiger charge is 2.76. The van der Waals surface area contributed by atoms with Gasteiger partial charge in [-0.3, -0.25) is 0 Å². The highest BCUT2D eigenvalue weighted by Crippen LogP contribution is 2.80. The number of ether oxygens (including phenoxy) is 2. The SMILES string of the molecule is CO[C@@H]1O[C@]23CC[C@]4(C)[C@H](CC[C@@H]5[C@@]6(C)CCCC(C)(C)[C@@H]6CC[C@]54C)[C@@]2(C)CC[C@@H]3C1C. The highest BCUT2D eigenvalue weighted by molar-refractivity contribution is 5.24. The smallest absolute Gasteiger partial charge is 0.160 e. The van der Waals surface area contributed by atoms with Gasteiger partial charge in [0, 0.05) is 18.4 Å². The molecule has 1 aliphatic heterocycles. The van der Waals surface area contributed by atoms with E-state index in [1.165, 1.54) is 70.6 Å². The predicted octanol–water partition coefficient (Wildman–Crippen LogP) is 8.24. The minimum absolute atomic E-state index is 0.00438. The molecule has 5 saturated carbocycles. The molecule has 5 aliphatic carbocycles. The molecule has 0 aromatic heterocycles. The zero-order valence-corrected chi connectivity index (χ0v) is 23.1. The zero-order valence-electron chi connectivity index (χ0n) is 23.1. The molecule has 33 heavy (non-hydrogen) atoms. The molecule has 2 heteroatoms. The largest absolute Gasteiger partial charge is 0.356 e. The van der Waals surface area contributed by atoms with Gasteiger partial charge in [-0.1, -0.05) is 54.9 Å². The van der Waals surface area contributed by atoms with Crippen LogP contribution in [0.5, 0.6) is 0 Å². The predicted molar refractivity (Wildman–Crippen MR) is 135 cm³/mol. The molecule has 11 atom stereocenters. The van der Waals surface area contributed by atoms with Crippen molar-refractivity contribution in [3.63, 3.8) is 0 Å². The number of fused-ring (bicyclic) bond motifs is 6. The van der Waals surface area contributed by atoms with Gasteiger partial charge in [0.2, 0.25) is 0 Å². The van der Waals surface area contributed by atoms with Gasteiger partial charge in [-0.15, -0.1) is 0 Å². The Morgan fingerprint density at radius 3 is 2.06 bits per heavy atom. The van der Waals surface area contributed by atoms with E-state index in [-0.39, 0.29) is 11.9 Å². The first-order valence-electron chi connectivity index (χ1n) is 14.6. The monoisotopic (exact) mass is 456 g/mol. The molecule has 6 fully saturated rings. The molecule has 1 heterocycles. The van der Waals surface area contributed by atoms with Crippen molar-refractivity contribution in [1.29, 1.82) is 0 Å². The molecule has 6 rings (SSSR count). The lowest BCUT2D eigenvalue weighted by Gasteiger charge is -2.74. The van der Waals surface area contributed by atoms with Gasteiger partial charge in [-0.05, 0) is 110 Å². The molecule has 1 saturated heterocycles. The maximum absolute atomic E-state index is 7.02. The first-order valence-corrected chi connectivity index (χ1v) is 14.6. The summed E-state index contributed by atoms with van der Waals surface area (Å²) in [7, 11) is 1.86. The summed E-state index contributed by atoms with van der Waals surface area (Å²) in [6.07, 6.45) is 15.5. The Hall–Kier alpha value is -0.0800. The van der Waals surface area contributed by atoms with Crippen molar-refractivity contribution in [3.8, 4) is 0 Å². The van der Waals surface area contributed by atoms with Gasteiger partial charge in [-0.25, -0.2) is 0 Å². The molecule has 0 amide bonds. The second-order valence-electron chi connectivity index (χ2n) is 15.5. The second kappa shape index (κ2) is 6.81. The lowest BCUT2D eigenvalue weighted by Crippen LogP contribution is -2.68. The number of hydrogen-bond acceptors (Lipinski definition) is 2. The van der Waals surface area contributed by atoms with E-state index in [0.29, 0.717) is 38.9 Å². The molecular formula is C31H52O2. The van der Waals surface area contributed by atoms with Crippen LogP contribution in [-0.2, 0) is 9.47 Å². The lowest BCUT2D eigenvalue weighted by atomic mass is 9.31. The number of methoxy groups -OCH3 is 1. The minimum atomic E-state index is 0.00438. The second-order valence-corrected chi connectivity index (χ2v) is 15.5.